The predicted molar refractivity (Wildman–Crippen MR) is 444 cm³/mol. The summed E-state index contributed by atoms with van der Waals surface area (Å²) in [4.78, 5) is 36.0. The zero-order chi connectivity index (χ0) is 74.0. The molecule has 0 saturated carbocycles. The summed E-state index contributed by atoms with van der Waals surface area (Å²) in [7, 11) is 1.45. The van der Waals surface area contributed by atoms with Crippen LogP contribution < -0.4 is 0 Å². The number of ether oxygens (including phenoxy) is 2. The normalized spacial score (nSPS) is 14.2. The maximum Gasteiger partial charge on any atom is 0.472 e. The van der Waals surface area contributed by atoms with Crippen LogP contribution in [-0.2, 0) is 32.7 Å². The van der Waals surface area contributed by atoms with Crippen molar-refractivity contribution in [2.45, 2.75) is 302 Å². The molecule has 0 fully saturated rings. The SMILES string of the molecule is CC/C=C\C/C=C\C/C=C\C/C=C\C/C=C\C/C=C\C/C=C\C/C=C\C/C=C\C/C=C\CCCCCCCCC(=O)OC(COC(=O)CCCCCCCCCCCCCCCCCC/C=C\C/C=C\C/C=C\C/C=C\C/C=C\C/C=C\C/C=C\C/C=C\CC)COP(=O)(O)OCC[N+](C)(C)C. The van der Waals surface area contributed by atoms with E-state index in [9.17, 15) is 19.0 Å². The molecule has 2 atom stereocenters. The molecule has 574 valence electrons. The molecule has 102 heavy (non-hydrogen) atoms. The summed E-state index contributed by atoms with van der Waals surface area (Å²) >= 11 is 0. The molecular formula is C92H149NO8P+. The van der Waals surface area contributed by atoms with Gasteiger partial charge in [0.2, 0.25) is 0 Å². The minimum Gasteiger partial charge on any atom is -0.462 e. The van der Waals surface area contributed by atoms with Crippen LogP contribution in [0.25, 0.3) is 0 Å². The van der Waals surface area contributed by atoms with Gasteiger partial charge in [-0.25, -0.2) is 4.57 Å². The Balaban J connectivity index is 4.08. The van der Waals surface area contributed by atoms with Crippen LogP contribution in [0.1, 0.15) is 296 Å². The third-order valence-electron chi connectivity index (χ3n) is 16.5. The smallest absolute Gasteiger partial charge is 0.462 e. The van der Waals surface area contributed by atoms with E-state index in [1.54, 1.807) is 0 Å². The molecule has 0 aromatic rings. The number of unbranched alkanes of at least 4 members (excludes halogenated alkanes) is 22. The van der Waals surface area contributed by atoms with E-state index in [-0.39, 0.29) is 32.0 Å². The Labute approximate surface area is 627 Å². The first kappa shape index (κ1) is 96.3. The Kier molecular flexibility index (Phi) is 75.0. The number of hydrogen-bond donors (Lipinski definition) is 1. The van der Waals surface area contributed by atoms with Crippen LogP contribution >= 0.6 is 7.82 Å². The van der Waals surface area contributed by atoms with Crippen molar-refractivity contribution >= 4 is 19.8 Å². The van der Waals surface area contributed by atoms with Crippen LogP contribution in [0.3, 0.4) is 0 Å². The summed E-state index contributed by atoms with van der Waals surface area (Å²) in [5.41, 5.74) is 0. The summed E-state index contributed by atoms with van der Waals surface area (Å²) < 4.78 is 34.8. The van der Waals surface area contributed by atoms with Gasteiger partial charge in [0.15, 0.2) is 6.10 Å². The van der Waals surface area contributed by atoms with Crippen molar-refractivity contribution in [3.05, 3.63) is 219 Å². The second-order valence-corrected chi connectivity index (χ2v) is 28.8. The van der Waals surface area contributed by atoms with Crippen molar-refractivity contribution in [2.24, 2.45) is 0 Å². The average Bonchev–Trinajstić information content (AvgIpc) is 0.913. The molecule has 0 aromatic heterocycles. The van der Waals surface area contributed by atoms with E-state index in [2.05, 4.69) is 233 Å². The third-order valence-corrected chi connectivity index (χ3v) is 17.5. The highest BCUT2D eigenvalue weighted by atomic mass is 31.2. The van der Waals surface area contributed by atoms with E-state index in [1.165, 1.54) is 89.9 Å². The largest absolute Gasteiger partial charge is 0.472 e. The predicted octanol–water partition coefficient (Wildman–Crippen LogP) is 27.5. The van der Waals surface area contributed by atoms with Crippen LogP contribution in [-0.4, -0.2) is 74.9 Å². The van der Waals surface area contributed by atoms with E-state index in [1.807, 2.05) is 21.1 Å². The first-order chi connectivity index (χ1) is 50.0. The lowest BCUT2D eigenvalue weighted by molar-refractivity contribution is -0.870. The maximum atomic E-state index is 12.9. The van der Waals surface area contributed by atoms with Gasteiger partial charge < -0.3 is 18.9 Å². The molecule has 0 amide bonds. The van der Waals surface area contributed by atoms with Gasteiger partial charge in [-0.3, -0.25) is 18.6 Å². The van der Waals surface area contributed by atoms with Crippen molar-refractivity contribution in [3.63, 3.8) is 0 Å². The number of phosphoric acid groups is 1. The maximum absolute atomic E-state index is 12.9. The van der Waals surface area contributed by atoms with Crippen LogP contribution in [0.5, 0.6) is 0 Å². The molecule has 0 aromatic carbocycles. The van der Waals surface area contributed by atoms with E-state index in [0.717, 1.165) is 173 Å². The van der Waals surface area contributed by atoms with E-state index < -0.39 is 26.5 Å². The lowest BCUT2D eigenvalue weighted by atomic mass is 10.0. The number of carbonyl (C=O) groups excluding carboxylic acids is 2. The van der Waals surface area contributed by atoms with Gasteiger partial charge in [0, 0.05) is 12.8 Å². The standard InChI is InChI=1S/C92H148NO8P/c1-6-8-10-12-14-16-18-20-22-24-26-28-30-32-34-36-38-40-42-44-45-46-47-49-50-52-54-56-58-60-62-64-66-68-70-72-74-76-78-80-82-84-91(94)98-88-90(89-100-102(96,97)99-87-86-93(3,4)5)101-92(95)85-83-81-79-77-75-73-71-69-67-65-63-61-59-57-55-53-51-48-43-41-39-37-35-33-31-29-27-25-23-21-19-17-15-13-11-9-7-2/h8-11,14-17,20-23,26-29,32-35,38-41,44-45,47-49,51,55,57,61,63,67,69,90H,6-7,12-13,18-19,24-25,30-31,36-37,42-43,46,50,52-54,56,58-60,62,64-66,68,70-89H2,1-5H3/p+1/b10-8-,11-9-,16-14-,17-15-,22-20-,23-21-,28-26-,29-27-,34-32-,35-33-,40-38-,41-39-,45-44-,49-47-,51-48-,57-55-,63-61-,69-67-. The molecule has 0 heterocycles. The minimum absolute atomic E-state index is 0.0186. The van der Waals surface area contributed by atoms with Crippen molar-refractivity contribution in [3.8, 4) is 0 Å². The topological polar surface area (TPSA) is 108 Å². The Bertz CT molecular complexity index is 2530. The second kappa shape index (κ2) is 79.4. The molecule has 0 aliphatic heterocycles. The van der Waals surface area contributed by atoms with E-state index in [0.29, 0.717) is 17.4 Å². The molecule has 0 radical (unpaired) electrons. The molecule has 0 bridgehead atoms. The highest BCUT2D eigenvalue weighted by molar-refractivity contribution is 7.47. The molecule has 0 spiro atoms. The number of hydrogen-bond acceptors (Lipinski definition) is 7. The van der Waals surface area contributed by atoms with Gasteiger partial charge in [-0.15, -0.1) is 0 Å². The molecule has 10 heteroatoms. The second-order valence-electron chi connectivity index (χ2n) is 27.3. The van der Waals surface area contributed by atoms with Crippen molar-refractivity contribution in [2.75, 3.05) is 47.5 Å². The number of rotatable bonds is 72. The number of likely N-dealkylation sites (N-methyl/N-ethyl adjacent to an activating group) is 1. The van der Waals surface area contributed by atoms with Gasteiger partial charge >= 0.3 is 19.8 Å². The van der Waals surface area contributed by atoms with Crippen LogP contribution in [0.4, 0.5) is 0 Å². The fraction of sp³-hybridized carbons (Fsp3) is 0.587. The summed E-state index contributed by atoms with van der Waals surface area (Å²) in [5, 5.41) is 0. The molecular weight excluding hydrogens is 1280 g/mol. The molecule has 1 N–H and O–H groups in total. The molecule has 0 saturated heterocycles. The molecule has 2 unspecified atom stereocenters. The number of carbonyl (C=O) groups is 2. The Morgan fingerprint density at radius 2 is 0.529 bits per heavy atom. The molecule has 9 nitrogen and oxygen atoms in total. The number of esters is 2. The van der Waals surface area contributed by atoms with Gasteiger partial charge in [0.25, 0.3) is 0 Å². The van der Waals surface area contributed by atoms with Gasteiger partial charge in [-0.2, -0.15) is 0 Å². The van der Waals surface area contributed by atoms with Crippen LogP contribution in [0.2, 0.25) is 0 Å². The van der Waals surface area contributed by atoms with Crippen LogP contribution in [0.15, 0.2) is 219 Å². The zero-order valence-corrected chi connectivity index (χ0v) is 66.4. The first-order valence-corrected chi connectivity index (χ1v) is 42.0. The van der Waals surface area contributed by atoms with Gasteiger partial charge in [-0.05, 0) is 154 Å². The van der Waals surface area contributed by atoms with Crippen LogP contribution in [0, 0.1) is 0 Å². The fourth-order valence-electron chi connectivity index (χ4n) is 10.4. The van der Waals surface area contributed by atoms with Crippen molar-refractivity contribution in [1.29, 1.82) is 0 Å². The average molecular weight is 1430 g/mol. The summed E-state index contributed by atoms with van der Waals surface area (Å²) in [6, 6.07) is 0. The summed E-state index contributed by atoms with van der Waals surface area (Å²) in [6.07, 6.45) is 126. The monoisotopic (exact) mass is 1430 g/mol. The number of quaternary nitrogens is 1. The minimum atomic E-state index is -4.42. The van der Waals surface area contributed by atoms with Gasteiger partial charge in [-0.1, -0.05) is 348 Å². The third kappa shape index (κ3) is 83.3. The van der Waals surface area contributed by atoms with E-state index in [4.69, 9.17) is 18.5 Å². The molecule has 0 aliphatic carbocycles. The lowest BCUT2D eigenvalue weighted by Gasteiger charge is -2.24. The highest BCUT2D eigenvalue weighted by Crippen LogP contribution is 2.43. The fourth-order valence-corrected chi connectivity index (χ4v) is 11.2. The zero-order valence-electron chi connectivity index (χ0n) is 65.5. The first-order valence-electron chi connectivity index (χ1n) is 40.5. The van der Waals surface area contributed by atoms with E-state index >= 15 is 0 Å². The number of nitrogens with zero attached hydrogens (tertiary/aromatic N) is 1. The lowest BCUT2D eigenvalue weighted by Crippen LogP contribution is -2.37. The quantitative estimate of drug-likeness (QED) is 0.0211. The number of phosphoric ester groups is 1. The number of allylic oxidation sites excluding steroid dienone is 36. The molecule has 0 rings (SSSR count). The summed E-state index contributed by atoms with van der Waals surface area (Å²) in [6.45, 7) is 4.18. The van der Waals surface area contributed by atoms with Crippen molar-refractivity contribution in [1.82, 2.24) is 0 Å². The Morgan fingerprint density at radius 1 is 0.304 bits per heavy atom. The molecule has 0 aliphatic rings. The Morgan fingerprint density at radius 3 is 0.784 bits per heavy atom. The highest BCUT2D eigenvalue weighted by Gasteiger charge is 2.27. The summed E-state index contributed by atoms with van der Waals surface area (Å²) in [5.74, 6) is -0.822. The van der Waals surface area contributed by atoms with Gasteiger partial charge in [0.05, 0.1) is 27.7 Å². The van der Waals surface area contributed by atoms with Crippen molar-refractivity contribution < 1.29 is 42.1 Å². The van der Waals surface area contributed by atoms with Gasteiger partial charge in [0.1, 0.15) is 19.8 Å². The Hall–Kier alpha value is -5.67.